The number of amides is 2. The summed E-state index contributed by atoms with van der Waals surface area (Å²) in [5.41, 5.74) is -0.0510. The molecular weight excluding hydrogens is 351 g/mol. The number of carbonyl (C=O) groups excluding carboxylic acids is 2. The van der Waals surface area contributed by atoms with Crippen molar-refractivity contribution in [3.8, 4) is 0 Å². The van der Waals surface area contributed by atoms with Crippen LogP contribution in [0.5, 0.6) is 0 Å². The number of halogens is 2. The number of imide groups is 1. The topological polar surface area (TPSA) is 80.5 Å². The Hall–Kier alpha value is -1.57. The maximum atomic E-state index is 12.1. The van der Waals surface area contributed by atoms with E-state index >= 15 is 0 Å². The highest BCUT2D eigenvalue weighted by Crippen LogP contribution is 2.36. The average molecular weight is 361 g/mol. The van der Waals surface area contributed by atoms with Crippen molar-refractivity contribution in [2.45, 2.75) is 13.3 Å². The lowest BCUT2D eigenvalue weighted by Crippen LogP contribution is -2.28. The predicted octanol–water partition coefficient (Wildman–Crippen LogP) is 4.35. The molecule has 1 aliphatic heterocycles. The Morgan fingerprint density at radius 3 is 2.59 bits per heavy atom. The second-order valence-corrected chi connectivity index (χ2v) is 6.22. The minimum absolute atomic E-state index is 0.0914. The molecule has 1 aromatic carbocycles. The van der Waals surface area contributed by atoms with E-state index in [4.69, 9.17) is 23.2 Å². The summed E-state index contributed by atoms with van der Waals surface area (Å²) in [5, 5.41) is 10.6. The SMILES string of the molecule is CCCN1C(=O)S/C(=C\c2cc([N+](=O)[O-])c(Cl)cc2Cl)C1=O. The first kappa shape index (κ1) is 16.8. The van der Waals surface area contributed by atoms with Gasteiger partial charge in [-0.1, -0.05) is 30.1 Å². The standard InChI is InChI=1S/C13H10Cl2N2O4S/c1-2-3-16-12(18)11(22-13(16)19)5-7-4-10(17(20)21)9(15)6-8(7)14/h4-6H,2-3H2,1H3/b11-5-. The number of carbonyl (C=O) groups is 2. The van der Waals surface area contributed by atoms with Crippen molar-refractivity contribution in [1.29, 1.82) is 0 Å². The van der Waals surface area contributed by atoms with E-state index in [0.29, 0.717) is 13.0 Å². The summed E-state index contributed by atoms with van der Waals surface area (Å²) in [6.45, 7) is 2.18. The van der Waals surface area contributed by atoms with Gasteiger partial charge in [-0.25, -0.2) is 0 Å². The van der Waals surface area contributed by atoms with Gasteiger partial charge in [-0.3, -0.25) is 24.6 Å². The maximum absolute atomic E-state index is 12.1. The van der Waals surface area contributed by atoms with Crippen LogP contribution in [0.4, 0.5) is 10.5 Å². The Balaban J connectivity index is 2.42. The van der Waals surface area contributed by atoms with Crippen LogP contribution in [0, 0.1) is 10.1 Å². The zero-order chi connectivity index (χ0) is 16.4. The lowest BCUT2D eigenvalue weighted by molar-refractivity contribution is -0.384. The quantitative estimate of drug-likeness (QED) is 0.453. The van der Waals surface area contributed by atoms with Crippen molar-refractivity contribution in [2.75, 3.05) is 6.54 Å². The number of benzene rings is 1. The van der Waals surface area contributed by atoms with Gasteiger partial charge in [0, 0.05) is 23.2 Å². The summed E-state index contributed by atoms with van der Waals surface area (Å²) >= 11 is 12.5. The number of hydrogen-bond acceptors (Lipinski definition) is 5. The van der Waals surface area contributed by atoms with Gasteiger partial charge >= 0.3 is 0 Å². The molecule has 0 atom stereocenters. The van der Waals surface area contributed by atoms with Crippen LogP contribution in [0.25, 0.3) is 6.08 Å². The van der Waals surface area contributed by atoms with Crippen molar-refractivity contribution in [1.82, 2.24) is 4.90 Å². The van der Waals surface area contributed by atoms with E-state index in [1.54, 1.807) is 0 Å². The molecule has 1 saturated heterocycles. The summed E-state index contributed by atoms with van der Waals surface area (Å²) in [6, 6.07) is 2.42. The van der Waals surface area contributed by atoms with Gasteiger partial charge in [0.1, 0.15) is 5.02 Å². The fourth-order valence-corrected chi connectivity index (χ4v) is 3.22. The smallest absolute Gasteiger partial charge is 0.268 e. The lowest BCUT2D eigenvalue weighted by Gasteiger charge is -2.09. The summed E-state index contributed by atoms with van der Waals surface area (Å²) < 4.78 is 0. The molecule has 0 saturated carbocycles. The summed E-state index contributed by atoms with van der Waals surface area (Å²) in [6.07, 6.45) is 2.02. The molecule has 0 radical (unpaired) electrons. The summed E-state index contributed by atoms with van der Waals surface area (Å²) in [7, 11) is 0. The molecule has 1 heterocycles. The second kappa shape index (κ2) is 6.68. The van der Waals surface area contributed by atoms with Gasteiger partial charge in [0.15, 0.2) is 0 Å². The highest BCUT2D eigenvalue weighted by atomic mass is 35.5. The molecule has 2 amide bonds. The van der Waals surface area contributed by atoms with Gasteiger partial charge in [-0.05, 0) is 30.3 Å². The lowest BCUT2D eigenvalue weighted by atomic mass is 10.2. The molecule has 1 aliphatic rings. The minimum Gasteiger partial charge on any atom is -0.268 e. The van der Waals surface area contributed by atoms with E-state index in [-0.39, 0.29) is 31.4 Å². The first-order valence-electron chi connectivity index (χ1n) is 6.24. The van der Waals surface area contributed by atoms with E-state index in [9.17, 15) is 19.7 Å². The molecule has 22 heavy (non-hydrogen) atoms. The van der Waals surface area contributed by atoms with Gasteiger partial charge < -0.3 is 0 Å². The van der Waals surface area contributed by atoms with Crippen LogP contribution in [0.1, 0.15) is 18.9 Å². The molecule has 0 spiro atoms. The van der Waals surface area contributed by atoms with Crippen molar-refractivity contribution >= 4 is 57.9 Å². The zero-order valence-corrected chi connectivity index (χ0v) is 13.7. The Labute approximate surface area is 140 Å². The normalized spacial score (nSPS) is 16.7. The van der Waals surface area contributed by atoms with Crippen molar-refractivity contribution in [3.63, 3.8) is 0 Å². The highest BCUT2D eigenvalue weighted by Gasteiger charge is 2.34. The Bertz CT molecular complexity index is 706. The van der Waals surface area contributed by atoms with Crippen LogP contribution >= 0.6 is 35.0 Å². The fourth-order valence-electron chi connectivity index (χ4n) is 1.86. The van der Waals surface area contributed by atoms with Crippen LogP contribution in [0.15, 0.2) is 17.0 Å². The molecule has 0 N–H and O–H groups in total. The molecule has 116 valence electrons. The van der Waals surface area contributed by atoms with Crippen molar-refractivity contribution in [3.05, 3.63) is 42.8 Å². The van der Waals surface area contributed by atoms with E-state index in [0.717, 1.165) is 16.7 Å². The number of nitrogens with zero attached hydrogens (tertiary/aromatic N) is 2. The Kier molecular flexibility index (Phi) is 5.10. The van der Waals surface area contributed by atoms with E-state index in [1.807, 2.05) is 6.92 Å². The van der Waals surface area contributed by atoms with Gasteiger partial charge in [-0.2, -0.15) is 0 Å². The average Bonchev–Trinajstić information content (AvgIpc) is 2.69. The third kappa shape index (κ3) is 3.26. The first-order chi connectivity index (χ1) is 10.3. The number of rotatable bonds is 4. The molecule has 2 rings (SSSR count). The van der Waals surface area contributed by atoms with Crippen LogP contribution in [-0.2, 0) is 4.79 Å². The van der Waals surface area contributed by atoms with Crippen LogP contribution in [0.3, 0.4) is 0 Å². The number of nitro benzene ring substituents is 1. The molecule has 1 fully saturated rings. The predicted molar refractivity (Wildman–Crippen MR) is 86.1 cm³/mol. The Morgan fingerprint density at radius 2 is 2.00 bits per heavy atom. The van der Waals surface area contributed by atoms with Crippen molar-refractivity contribution in [2.24, 2.45) is 0 Å². The fraction of sp³-hybridized carbons (Fsp3) is 0.231. The molecule has 0 aliphatic carbocycles. The van der Waals surface area contributed by atoms with E-state index < -0.39 is 10.8 Å². The van der Waals surface area contributed by atoms with E-state index in [1.165, 1.54) is 18.2 Å². The molecular formula is C13H10Cl2N2O4S. The monoisotopic (exact) mass is 360 g/mol. The first-order valence-corrected chi connectivity index (χ1v) is 7.81. The zero-order valence-electron chi connectivity index (χ0n) is 11.3. The Morgan fingerprint density at radius 1 is 1.32 bits per heavy atom. The molecule has 0 aromatic heterocycles. The highest BCUT2D eigenvalue weighted by molar-refractivity contribution is 8.18. The number of thioether (sulfide) groups is 1. The second-order valence-electron chi connectivity index (χ2n) is 4.42. The molecule has 0 bridgehead atoms. The van der Waals surface area contributed by atoms with Gasteiger partial charge in [0.25, 0.3) is 16.8 Å². The molecule has 6 nitrogen and oxygen atoms in total. The third-order valence-corrected chi connectivity index (χ3v) is 4.41. The van der Waals surface area contributed by atoms with Gasteiger partial charge in [0.2, 0.25) is 0 Å². The van der Waals surface area contributed by atoms with Crippen LogP contribution in [0.2, 0.25) is 10.0 Å². The third-order valence-electron chi connectivity index (χ3n) is 2.87. The van der Waals surface area contributed by atoms with E-state index in [2.05, 4.69) is 0 Å². The maximum Gasteiger partial charge on any atom is 0.293 e. The largest absolute Gasteiger partial charge is 0.293 e. The van der Waals surface area contributed by atoms with Crippen LogP contribution in [-0.4, -0.2) is 27.5 Å². The molecule has 0 unspecified atom stereocenters. The minimum atomic E-state index is -0.640. The molecule has 1 aromatic rings. The molecule has 9 heteroatoms. The summed E-state index contributed by atoms with van der Waals surface area (Å²) in [4.78, 5) is 35.4. The van der Waals surface area contributed by atoms with Gasteiger partial charge in [-0.15, -0.1) is 0 Å². The number of nitro groups is 1. The van der Waals surface area contributed by atoms with Crippen LogP contribution < -0.4 is 0 Å². The van der Waals surface area contributed by atoms with Gasteiger partial charge in [0.05, 0.1) is 9.83 Å². The summed E-state index contributed by atoms with van der Waals surface area (Å²) in [5.74, 6) is -0.425. The van der Waals surface area contributed by atoms with Crippen molar-refractivity contribution < 1.29 is 14.5 Å². The number of hydrogen-bond donors (Lipinski definition) is 0.